The molecule has 0 aliphatic rings. The first-order valence-electron chi connectivity index (χ1n) is 16.0. The molecular formula is C38H42N4O6. The molecule has 0 spiro atoms. The van der Waals surface area contributed by atoms with Crippen LogP contribution in [-0.4, -0.2) is 46.7 Å². The number of amides is 2. The van der Waals surface area contributed by atoms with E-state index in [1.54, 1.807) is 0 Å². The highest BCUT2D eigenvalue weighted by Gasteiger charge is 2.14. The van der Waals surface area contributed by atoms with Gasteiger partial charge in [0.25, 0.3) is 11.8 Å². The SMILES string of the molecule is O=C(NCCCCCCNC(=O)/C(Cc1ccc(OCc2ccccc2)cc1)=N\O)/C(Cc1ccc(OCc2ccccc2)cc1)=N\O. The summed E-state index contributed by atoms with van der Waals surface area (Å²) < 4.78 is 11.6. The van der Waals surface area contributed by atoms with Crippen LogP contribution >= 0.6 is 0 Å². The summed E-state index contributed by atoms with van der Waals surface area (Å²) in [5.74, 6) is 0.588. The maximum Gasteiger partial charge on any atom is 0.269 e. The highest BCUT2D eigenvalue weighted by Crippen LogP contribution is 2.16. The molecule has 4 N–H and O–H groups in total. The Bertz CT molecular complexity index is 1490. The lowest BCUT2D eigenvalue weighted by molar-refractivity contribution is -0.115. The van der Waals surface area contributed by atoms with Crippen LogP contribution in [0.2, 0.25) is 0 Å². The molecule has 250 valence electrons. The van der Waals surface area contributed by atoms with Crippen LogP contribution in [0.5, 0.6) is 11.5 Å². The van der Waals surface area contributed by atoms with Gasteiger partial charge >= 0.3 is 0 Å². The third kappa shape index (κ3) is 12.3. The van der Waals surface area contributed by atoms with Crippen molar-refractivity contribution in [1.29, 1.82) is 0 Å². The number of carbonyl (C=O) groups excluding carboxylic acids is 2. The highest BCUT2D eigenvalue weighted by molar-refractivity contribution is 6.39. The molecule has 0 saturated heterocycles. The van der Waals surface area contributed by atoms with Gasteiger partial charge in [0, 0.05) is 25.9 Å². The van der Waals surface area contributed by atoms with Gasteiger partial charge in [0.1, 0.15) is 36.1 Å². The molecule has 4 aromatic carbocycles. The van der Waals surface area contributed by atoms with Crippen LogP contribution in [0.1, 0.15) is 47.9 Å². The van der Waals surface area contributed by atoms with Crippen LogP contribution in [0.3, 0.4) is 0 Å². The topological polar surface area (TPSA) is 142 Å². The van der Waals surface area contributed by atoms with Gasteiger partial charge in [-0.15, -0.1) is 0 Å². The van der Waals surface area contributed by atoms with Crippen LogP contribution in [0.4, 0.5) is 0 Å². The zero-order valence-electron chi connectivity index (χ0n) is 26.9. The van der Waals surface area contributed by atoms with E-state index in [4.69, 9.17) is 9.47 Å². The normalized spacial score (nSPS) is 11.5. The molecule has 0 aromatic heterocycles. The van der Waals surface area contributed by atoms with Gasteiger partial charge in [-0.2, -0.15) is 0 Å². The van der Waals surface area contributed by atoms with E-state index in [2.05, 4.69) is 20.9 Å². The number of unbranched alkanes of at least 4 members (excludes halogenated alkanes) is 3. The van der Waals surface area contributed by atoms with Crippen molar-refractivity contribution in [2.24, 2.45) is 10.3 Å². The Morgan fingerprint density at radius 2 is 0.875 bits per heavy atom. The lowest BCUT2D eigenvalue weighted by Crippen LogP contribution is -2.33. The number of nitrogens with one attached hydrogen (secondary N) is 2. The van der Waals surface area contributed by atoms with Gasteiger partial charge in [0.15, 0.2) is 0 Å². The molecule has 48 heavy (non-hydrogen) atoms. The lowest BCUT2D eigenvalue weighted by atomic mass is 10.1. The number of hydrogen-bond acceptors (Lipinski definition) is 8. The number of nitrogens with zero attached hydrogens (tertiary/aromatic N) is 2. The number of ether oxygens (including phenoxy) is 2. The Morgan fingerprint density at radius 3 is 1.23 bits per heavy atom. The molecule has 0 atom stereocenters. The minimum atomic E-state index is -0.417. The Kier molecular flexibility index (Phi) is 14.5. The van der Waals surface area contributed by atoms with Gasteiger partial charge in [-0.25, -0.2) is 0 Å². The van der Waals surface area contributed by atoms with E-state index in [0.29, 0.717) is 37.8 Å². The lowest BCUT2D eigenvalue weighted by Gasteiger charge is -2.10. The van der Waals surface area contributed by atoms with Crippen LogP contribution in [0.15, 0.2) is 120 Å². The van der Waals surface area contributed by atoms with E-state index in [1.807, 2.05) is 109 Å². The summed E-state index contributed by atoms with van der Waals surface area (Å²) in [5, 5.41) is 30.8. The molecule has 4 rings (SSSR count). The largest absolute Gasteiger partial charge is 0.489 e. The van der Waals surface area contributed by atoms with Crippen molar-refractivity contribution in [2.45, 2.75) is 51.7 Å². The smallest absolute Gasteiger partial charge is 0.269 e. The Balaban J connectivity index is 1.05. The van der Waals surface area contributed by atoms with Crippen molar-refractivity contribution in [3.05, 3.63) is 131 Å². The van der Waals surface area contributed by atoms with E-state index in [-0.39, 0.29) is 24.3 Å². The number of rotatable bonds is 19. The molecule has 4 aromatic rings. The van der Waals surface area contributed by atoms with E-state index in [9.17, 15) is 20.0 Å². The van der Waals surface area contributed by atoms with Gasteiger partial charge in [0.05, 0.1) is 0 Å². The van der Waals surface area contributed by atoms with Crippen LogP contribution < -0.4 is 20.1 Å². The van der Waals surface area contributed by atoms with Crippen LogP contribution in [0.25, 0.3) is 0 Å². The molecule has 0 aliphatic heterocycles. The van der Waals surface area contributed by atoms with E-state index in [1.165, 1.54) is 0 Å². The summed E-state index contributed by atoms with van der Waals surface area (Å²) in [6.07, 6.45) is 3.53. The third-order valence-electron chi connectivity index (χ3n) is 7.53. The molecule has 10 heteroatoms. The fourth-order valence-electron chi connectivity index (χ4n) is 4.81. The van der Waals surface area contributed by atoms with Crippen LogP contribution in [0, 0.1) is 0 Å². The molecule has 0 unspecified atom stereocenters. The molecule has 10 nitrogen and oxygen atoms in total. The van der Waals surface area contributed by atoms with Crippen molar-refractivity contribution >= 4 is 23.2 Å². The van der Waals surface area contributed by atoms with Gasteiger partial charge in [-0.1, -0.05) is 108 Å². The number of carbonyl (C=O) groups is 2. The van der Waals surface area contributed by atoms with Gasteiger partial charge in [-0.05, 0) is 59.4 Å². The van der Waals surface area contributed by atoms with Gasteiger partial charge < -0.3 is 30.5 Å². The number of oxime groups is 2. The molecule has 0 bridgehead atoms. The maximum absolute atomic E-state index is 12.5. The minimum Gasteiger partial charge on any atom is -0.489 e. The van der Waals surface area contributed by atoms with E-state index < -0.39 is 11.8 Å². The molecule has 0 saturated carbocycles. The third-order valence-corrected chi connectivity index (χ3v) is 7.53. The molecular weight excluding hydrogens is 608 g/mol. The van der Waals surface area contributed by atoms with E-state index >= 15 is 0 Å². The standard InChI is InChI=1S/C38H42N4O6/c43-37(35(41-45)25-29-15-19-33(20-16-29)47-27-31-11-5-3-6-12-31)39-23-9-1-2-10-24-40-38(44)36(42-46)26-30-17-21-34(22-18-30)48-28-32-13-7-4-8-14-32/h3-8,11-22,45-46H,1-2,9-10,23-28H2,(H,39,43)(H,40,44)/b41-35-,42-36-. The average Bonchev–Trinajstić information content (AvgIpc) is 3.13. The summed E-state index contributed by atoms with van der Waals surface area (Å²) in [6.45, 7) is 1.80. The predicted molar refractivity (Wildman–Crippen MR) is 185 cm³/mol. The molecule has 0 fully saturated rings. The first-order chi connectivity index (χ1) is 23.5. The van der Waals surface area contributed by atoms with Crippen LogP contribution in [-0.2, 0) is 35.6 Å². The first kappa shape index (κ1) is 35.2. The fourth-order valence-corrected chi connectivity index (χ4v) is 4.81. The first-order valence-corrected chi connectivity index (χ1v) is 16.0. The maximum atomic E-state index is 12.5. The zero-order valence-corrected chi connectivity index (χ0v) is 26.9. The van der Waals surface area contributed by atoms with Crippen molar-refractivity contribution in [3.8, 4) is 11.5 Å². The second-order valence-electron chi connectivity index (χ2n) is 11.2. The summed E-state index contributed by atoms with van der Waals surface area (Å²) in [6, 6.07) is 34.4. The molecule has 2 amide bonds. The van der Waals surface area contributed by atoms with E-state index in [0.717, 1.165) is 47.9 Å². The quantitative estimate of drug-likeness (QED) is 0.0419. The summed E-state index contributed by atoms with van der Waals surface area (Å²) in [4.78, 5) is 25.1. The van der Waals surface area contributed by atoms with Crippen molar-refractivity contribution < 1.29 is 29.5 Å². The second kappa shape index (κ2) is 19.8. The summed E-state index contributed by atoms with van der Waals surface area (Å²) in [7, 11) is 0. The van der Waals surface area contributed by atoms with Crippen molar-refractivity contribution in [3.63, 3.8) is 0 Å². The van der Waals surface area contributed by atoms with Gasteiger partial charge in [0.2, 0.25) is 0 Å². The second-order valence-corrected chi connectivity index (χ2v) is 11.2. The molecule has 0 heterocycles. The monoisotopic (exact) mass is 650 g/mol. The number of hydrogen-bond donors (Lipinski definition) is 4. The Labute approximate surface area is 281 Å². The number of benzene rings is 4. The fraction of sp³-hybridized carbons (Fsp3) is 0.263. The summed E-state index contributed by atoms with van der Waals surface area (Å²) >= 11 is 0. The van der Waals surface area contributed by atoms with Crippen molar-refractivity contribution in [1.82, 2.24) is 10.6 Å². The Morgan fingerprint density at radius 1 is 0.500 bits per heavy atom. The van der Waals surface area contributed by atoms with Crippen molar-refractivity contribution in [2.75, 3.05) is 13.1 Å². The highest BCUT2D eigenvalue weighted by atomic mass is 16.5. The summed E-state index contributed by atoms with van der Waals surface area (Å²) in [5.41, 5.74) is 3.85. The molecule has 0 radical (unpaired) electrons. The minimum absolute atomic E-state index is 0.0318. The van der Waals surface area contributed by atoms with Gasteiger partial charge in [-0.3, -0.25) is 9.59 Å². The zero-order chi connectivity index (χ0) is 33.8. The Hall–Kier alpha value is -5.64. The average molecular weight is 651 g/mol. The predicted octanol–water partition coefficient (Wildman–Crippen LogP) is 6.08. The molecule has 0 aliphatic carbocycles.